The Labute approximate surface area is 252 Å². The number of carbonyl (C=O) groups is 2. The summed E-state index contributed by atoms with van der Waals surface area (Å²) < 4.78 is 23.3. The molecule has 0 bridgehead atoms. The van der Waals surface area contributed by atoms with Crippen molar-refractivity contribution in [1.29, 1.82) is 5.26 Å². The molecule has 8 rings (SSSR count). The van der Waals surface area contributed by atoms with Gasteiger partial charge in [0.25, 0.3) is 0 Å². The Morgan fingerprint density at radius 3 is 2.81 bits per heavy atom. The third-order valence-electron chi connectivity index (χ3n) is 9.84. The van der Waals surface area contributed by atoms with E-state index in [2.05, 4.69) is 20.9 Å². The standard InChI is InChI=1S/C33H27ClFN5O3/c1-43-31(41)19-8-10-25-24(14-19)37-30-27-26(11-12-39(25)30)40(16-17-5-6-17)33(28(27)20-3-2-4-22(34)29(20)35)21-9-7-18(15-36)13-23(21)38-32(33)42/h2-4,7-10,13-14,17,26-28H,5-6,11-12,16H2,1H3,(H,38,42)/t26-,27+,28-,33+/m0/s1. The number of benzene rings is 3. The van der Waals surface area contributed by atoms with Gasteiger partial charge in [0.05, 0.1) is 40.4 Å². The van der Waals surface area contributed by atoms with E-state index in [1.165, 1.54) is 13.2 Å². The first-order valence-corrected chi connectivity index (χ1v) is 14.9. The van der Waals surface area contributed by atoms with Crippen LogP contribution in [0.5, 0.6) is 0 Å². The second-order valence-electron chi connectivity index (χ2n) is 12.0. The molecule has 10 heteroatoms. The maximum atomic E-state index is 16.2. The monoisotopic (exact) mass is 595 g/mol. The fourth-order valence-corrected chi connectivity index (χ4v) is 8.12. The predicted octanol–water partition coefficient (Wildman–Crippen LogP) is 5.70. The number of aromatic nitrogens is 2. The average molecular weight is 596 g/mol. The number of esters is 1. The minimum Gasteiger partial charge on any atom is -0.465 e. The van der Waals surface area contributed by atoms with E-state index in [0.29, 0.717) is 46.9 Å². The van der Waals surface area contributed by atoms with Crippen molar-refractivity contribution in [3.8, 4) is 6.07 Å². The first-order valence-electron chi connectivity index (χ1n) is 14.5. The molecule has 1 aromatic heterocycles. The molecule has 43 heavy (non-hydrogen) atoms. The molecule has 1 spiro atoms. The molecule has 3 aromatic carbocycles. The molecule has 4 aromatic rings. The summed E-state index contributed by atoms with van der Waals surface area (Å²) in [5, 5.41) is 12.7. The number of aryl methyl sites for hydroxylation is 1. The van der Waals surface area contributed by atoms with Gasteiger partial charge in [0.1, 0.15) is 17.2 Å². The normalized spacial score (nSPS) is 25.7. The van der Waals surface area contributed by atoms with Crippen molar-refractivity contribution in [1.82, 2.24) is 14.5 Å². The van der Waals surface area contributed by atoms with Gasteiger partial charge in [-0.3, -0.25) is 9.69 Å². The lowest BCUT2D eigenvalue weighted by atomic mass is 9.70. The van der Waals surface area contributed by atoms with Crippen molar-refractivity contribution in [2.45, 2.75) is 49.2 Å². The molecular weight excluding hydrogens is 569 g/mol. The van der Waals surface area contributed by atoms with E-state index < -0.39 is 23.2 Å². The highest BCUT2D eigenvalue weighted by Gasteiger charge is 2.69. The number of anilines is 1. The Morgan fingerprint density at radius 2 is 2.05 bits per heavy atom. The molecular formula is C33H27ClFN5O3. The average Bonchev–Trinajstić information content (AvgIpc) is 3.60. The zero-order valence-corrected chi connectivity index (χ0v) is 24.1. The number of carbonyl (C=O) groups excluding carboxylic acids is 2. The van der Waals surface area contributed by atoms with Crippen LogP contribution in [-0.2, 0) is 21.6 Å². The first-order chi connectivity index (χ1) is 20.9. The molecule has 8 nitrogen and oxygen atoms in total. The summed E-state index contributed by atoms with van der Waals surface area (Å²) in [4.78, 5) is 34.3. The summed E-state index contributed by atoms with van der Waals surface area (Å²) >= 11 is 6.40. The largest absolute Gasteiger partial charge is 0.465 e. The molecule has 1 saturated carbocycles. The van der Waals surface area contributed by atoms with Gasteiger partial charge in [-0.05, 0) is 67.1 Å². The van der Waals surface area contributed by atoms with Gasteiger partial charge >= 0.3 is 5.97 Å². The van der Waals surface area contributed by atoms with Crippen LogP contribution in [0.1, 0.15) is 64.0 Å². The Hall–Kier alpha value is -4.26. The lowest BCUT2D eigenvalue weighted by Gasteiger charge is -2.40. The molecule has 1 aliphatic carbocycles. The number of likely N-dealkylation sites (tertiary alicyclic amines) is 1. The Kier molecular flexibility index (Phi) is 5.75. The van der Waals surface area contributed by atoms with Crippen molar-refractivity contribution in [3.63, 3.8) is 0 Å². The molecule has 2 fully saturated rings. The topological polar surface area (TPSA) is 100 Å². The van der Waals surface area contributed by atoms with Gasteiger partial charge in [-0.15, -0.1) is 0 Å². The second-order valence-corrected chi connectivity index (χ2v) is 12.4. The fraction of sp³-hybridized carbons (Fsp3) is 0.333. The Morgan fingerprint density at radius 1 is 1.21 bits per heavy atom. The quantitative estimate of drug-likeness (QED) is 0.304. The number of rotatable bonds is 4. The Bertz CT molecular complexity index is 1910. The molecule has 0 unspecified atom stereocenters. The lowest BCUT2D eigenvalue weighted by Crippen LogP contribution is -2.53. The van der Waals surface area contributed by atoms with E-state index >= 15 is 4.39 Å². The van der Waals surface area contributed by atoms with E-state index in [9.17, 15) is 14.9 Å². The van der Waals surface area contributed by atoms with Gasteiger partial charge in [0.15, 0.2) is 0 Å². The lowest BCUT2D eigenvalue weighted by molar-refractivity contribution is -0.128. The van der Waals surface area contributed by atoms with E-state index in [4.69, 9.17) is 21.3 Å². The first kappa shape index (κ1) is 26.4. The van der Waals surface area contributed by atoms with Gasteiger partial charge in [-0.1, -0.05) is 29.8 Å². The van der Waals surface area contributed by atoms with E-state index in [0.717, 1.165) is 36.2 Å². The minimum absolute atomic E-state index is 0.00432. The van der Waals surface area contributed by atoms with Gasteiger partial charge in [-0.25, -0.2) is 14.2 Å². The van der Waals surface area contributed by atoms with Gasteiger partial charge < -0.3 is 14.6 Å². The summed E-state index contributed by atoms with van der Waals surface area (Å²) in [6.07, 6.45) is 2.89. The van der Waals surface area contributed by atoms with E-state index in [-0.39, 0.29) is 22.9 Å². The third-order valence-corrected chi connectivity index (χ3v) is 10.1. The third kappa shape index (κ3) is 3.60. The molecule has 216 valence electrons. The molecule has 4 atom stereocenters. The predicted molar refractivity (Wildman–Crippen MR) is 157 cm³/mol. The van der Waals surface area contributed by atoms with Crippen molar-refractivity contribution in [2.75, 3.05) is 19.0 Å². The van der Waals surface area contributed by atoms with Crippen LogP contribution in [0, 0.1) is 23.1 Å². The summed E-state index contributed by atoms with van der Waals surface area (Å²) in [7, 11) is 1.34. The fourth-order valence-electron chi connectivity index (χ4n) is 7.94. The van der Waals surface area contributed by atoms with Gasteiger partial charge in [0.2, 0.25) is 5.91 Å². The highest BCUT2D eigenvalue weighted by Crippen LogP contribution is 2.64. The van der Waals surface area contributed by atoms with Crippen LogP contribution in [0.15, 0.2) is 54.6 Å². The number of amides is 1. The number of fused-ring (bicyclic) bond motifs is 7. The number of nitriles is 1. The Balaban J connectivity index is 1.41. The highest BCUT2D eigenvalue weighted by atomic mass is 35.5. The maximum absolute atomic E-state index is 16.2. The number of nitrogens with one attached hydrogen (secondary N) is 1. The van der Waals surface area contributed by atoms with Crippen LogP contribution in [0.25, 0.3) is 11.0 Å². The molecule has 3 aliphatic heterocycles. The number of nitrogens with zero attached hydrogens (tertiary/aromatic N) is 4. The van der Waals surface area contributed by atoms with Crippen molar-refractivity contribution < 1.29 is 18.7 Å². The molecule has 4 aliphatic rings. The zero-order valence-electron chi connectivity index (χ0n) is 23.3. The molecule has 0 radical (unpaired) electrons. The summed E-state index contributed by atoms with van der Waals surface area (Å²) in [5.74, 6) is -1.05. The highest BCUT2D eigenvalue weighted by molar-refractivity contribution is 6.30. The summed E-state index contributed by atoms with van der Waals surface area (Å²) in [6, 6.07) is 17.7. The SMILES string of the molecule is COC(=O)c1ccc2c(c1)nc1n2CC[C@H]2[C@@H]1[C@H](c1cccc(Cl)c1F)[C@]1(C(=O)Nc3cc(C#N)ccc31)N2CC1CC1. The van der Waals surface area contributed by atoms with Crippen LogP contribution < -0.4 is 5.32 Å². The number of ether oxygens (including phenoxy) is 1. The van der Waals surface area contributed by atoms with Crippen LogP contribution in [0.2, 0.25) is 5.02 Å². The number of methoxy groups -OCH3 is 1. The molecule has 1 saturated heterocycles. The second kappa shape index (κ2) is 9.37. The van der Waals surface area contributed by atoms with Crippen LogP contribution in [0.4, 0.5) is 10.1 Å². The van der Waals surface area contributed by atoms with E-state index in [1.54, 1.807) is 36.4 Å². The number of halogens is 2. The van der Waals surface area contributed by atoms with E-state index in [1.807, 2.05) is 12.1 Å². The smallest absolute Gasteiger partial charge is 0.337 e. The number of imidazole rings is 1. The summed E-state index contributed by atoms with van der Waals surface area (Å²) in [6.45, 7) is 1.36. The van der Waals surface area contributed by atoms with Crippen LogP contribution in [-0.4, -0.2) is 46.0 Å². The molecule has 4 heterocycles. The van der Waals surface area contributed by atoms with Gasteiger partial charge in [0, 0.05) is 42.2 Å². The summed E-state index contributed by atoms with van der Waals surface area (Å²) in [5.41, 5.74) is 2.80. The van der Waals surface area contributed by atoms with Crippen LogP contribution in [0.3, 0.4) is 0 Å². The zero-order chi connectivity index (χ0) is 29.6. The molecule has 1 N–H and O–H groups in total. The van der Waals surface area contributed by atoms with Crippen LogP contribution >= 0.6 is 11.6 Å². The minimum atomic E-state index is -1.24. The maximum Gasteiger partial charge on any atom is 0.337 e. The van der Waals surface area contributed by atoms with Crippen molar-refractivity contribution >= 4 is 40.2 Å². The molecule has 1 amide bonds. The van der Waals surface area contributed by atoms with Gasteiger partial charge in [-0.2, -0.15) is 5.26 Å². The number of hydrogen-bond donors (Lipinski definition) is 1. The van der Waals surface area contributed by atoms with Crippen molar-refractivity contribution in [2.24, 2.45) is 5.92 Å². The van der Waals surface area contributed by atoms with Crippen molar-refractivity contribution in [3.05, 3.63) is 93.5 Å². The number of hydrogen-bond acceptors (Lipinski definition) is 6.